The Labute approximate surface area is 164 Å². The van der Waals surface area contributed by atoms with E-state index < -0.39 is 23.8 Å². The van der Waals surface area contributed by atoms with Crippen LogP contribution in [0.5, 0.6) is 5.75 Å². The Bertz CT molecular complexity index is 1230. The molecule has 0 fully saturated rings. The molecule has 4 aromatic rings. The molecule has 1 amide bonds. The topological polar surface area (TPSA) is 81.7 Å². The number of ether oxygens (including phenoxy) is 1. The highest BCUT2D eigenvalue weighted by atomic mass is 19.1. The summed E-state index contributed by atoms with van der Waals surface area (Å²) in [6.07, 6.45) is 1.45. The van der Waals surface area contributed by atoms with E-state index in [4.69, 9.17) is 13.6 Å². The van der Waals surface area contributed by atoms with Crippen molar-refractivity contribution in [1.82, 2.24) is 0 Å². The van der Waals surface area contributed by atoms with Crippen LogP contribution in [0.3, 0.4) is 0 Å². The van der Waals surface area contributed by atoms with Crippen LogP contribution < -0.4 is 15.5 Å². The van der Waals surface area contributed by atoms with Gasteiger partial charge in [-0.3, -0.25) is 9.59 Å². The first kappa shape index (κ1) is 18.5. The third kappa shape index (κ3) is 3.89. The molecule has 0 atom stereocenters. The fourth-order valence-electron chi connectivity index (χ4n) is 2.85. The molecule has 0 spiro atoms. The van der Waals surface area contributed by atoms with Gasteiger partial charge < -0.3 is 18.9 Å². The number of hydrogen-bond donors (Lipinski definition) is 1. The Morgan fingerprint density at radius 2 is 1.93 bits per heavy atom. The summed E-state index contributed by atoms with van der Waals surface area (Å²) >= 11 is 0. The Balaban J connectivity index is 1.65. The van der Waals surface area contributed by atoms with Crippen LogP contribution in [-0.4, -0.2) is 12.5 Å². The second kappa shape index (κ2) is 7.63. The standard InChI is InChI=1S/C22H16FNO5/c1-13-4-9-16-18(11-13)29-21(17-3-2-10-27-17)22(20(16)26)28-12-19(25)24-15-7-5-14(23)6-8-15/h2-11H,12H2,1H3,(H,24,25). The SMILES string of the molecule is Cc1ccc2c(=O)c(OCC(=O)Nc3ccc(F)cc3)c(-c3ccco3)oc2c1. The largest absolute Gasteiger partial charge is 0.476 e. The van der Waals surface area contributed by atoms with Crippen LogP contribution in [0.1, 0.15) is 5.56 Å². The Morgan fingerprint density at radius 1 is 1.14 bits per heavy atom. The number of carbonyl (C=O) groups is 1. The summed E-state index contributed by atoms with van der Waals surface area (Å²) in [4.78, 5) is 25.2. The molecule has 0 aliphatic carbocycles. The number of benzene rings is 2. The van der Waals surface area contributed by atoms with Gasteiger partial charge in [0.05, 0.1) is 11.6 Å². The highest BCUT2D eigenvalue weighted by Gasteiger charge is 2.20. The second-order valence-electron chi connectivity index (χ2n) is 6.41. The molecule has 0 unspecified atom stereocenters. The third-order valence-electron chi connectivity index (χ3n) is 4.23. The van der Waals surface area contributed by atoms with Crippen molar-refractivity contribution >= 4 is 22.6 Å². The number of carbonyl (C=O) groups excluding carboxylic acids is 1. The summed E-state index contributed by atoms with van der Waals surface area (Å²) in [5.74, 6) is -0.630. The second-order valence-corrected chi connectivity index (χ2v) is 6.41. The summed E-state index contributed by atoms with van der Waals surface area (Å²) in [7, 11) is 0. The lowest BCUT2D eigenvalue weighted by atomic mass is 10.1. The number of rotatable bonds is 5. The maximum atomic E-state index is 13.0. The van der Waals surface area contributed by atoms with E-state index in [0.717, 1.165) is 5.56 Å². The molecule has 146 valence electrons. The van der Waals surface area contributed by atoms with Crippen LogP contribution in [0.4, 0.5) is 10.1 Å². The molecule has 6 nitrogen and oxygen atoms in total. The van der Waals surface area contributed by atoms with Crippen molar-refractivity contribution in [2.75, 3.05) is 11.9 Å². The van der Waals surface area contributed by atoms with Crippen LogP contribution in [-0.2, 0) is 4.79 Å². The fraction of sp³-hybridized carbons (Fsp3) is 0.0909. The van der Waals surface area contributed by atoms with Crippen LogP contribution >= 0.6 is 0 Å². The average molecular weight is 393 g/mol. The van der Waals surface area contributed by atoms with E-state index >= 15 is 0 Å². The van der Waals surface area contributed by atoms with Crippen molar-refractivity contribution in [2.45, 2.75) is 6.92 Å². The molecular weight excluding hydrogens is 377 g/mol. The zero-order valence-corrected chi connectivity index (χ0v) is 15.4. The molecule has 0 saturated heterocycles. The number of hydrogen-bond acceptors (Lipinski definition) is 5. The molecule has 2 heterocycles. The van der Waals surface area contributed by atoms with Gasteiger partial charge in [0, 0.05) is 5.69 Å². The van der Waals surface area contributed by atoms with Gasteiger partial charge in [-0.2, -0.15) is 0 Å². The minimum atomic E-state index is -0.509. The van der Waals surface area contributed by atoms with Crippen molar-refractivity contribution in [3.05, 3.63) is 82.5 Å². The molecule has 2 aromatic heterocycles. The van der Waals surface area contributed by atoms with Gasteiger partial charge in [-0.05, 0) is 61.0 Å². The first-order valence-corrected chi connectivity index (χ1v) is 8.81. The predicted molar refractivity (Wildman–Crippen MR) is 105 cm³/mol. The van der Waals surface area contributed by atoms with Gasteiger partial charge in [0.2, 0.25) is 16.9 Å². The van der Waals surface area contributed by atoms with E-state index in [2.05, 4.69) is 5.32 Å². The van der Waals surface area contributed by atoms with Gasteiger partial charge in [-0.1, -0.05) is 6.07 Å². The maximum absolute atomic E-state index is 13.0. The number of nitrogens with one attached hydrogen (secondary N) is 1. The summed E-state index contributed by atoms with van der Waals surface area (Å²) < 4.78 is 29.7. The van der Waals surface area contributed by atoms with E-state index in [1.807, 2.05) is 6.92 Å². The summed E-state index contributed by atoms with van der Waals surface area (Å²) in [5, 5.41) is 2.90. The summed E-state index contributed by atoms with van der Waals surface area (Å²) in [5.41, 5.74) is 1.32. The van der Waals surface area contributed by atoms with E-state index in [1.54, 1.807) is 30.3 Å². The minimum Gasteiger partial charge on any atom is -0.476 e. The number of furan rings is 1. The number of anilines is 1. The van der Waals surface area contributed by atoms with E-state index in [0.29, 0.717) is 22.4 Å². The highest BCUT2D eigenvalue weighted by Crippen LogP contribution is 2.31. The molecule has 0 aliphatic rings. The van der Waals surface area contributed by atoms with Crippen LogP contribution in [0.25, 0.3) is 22.5 Å². The van der Waals surface area contributed by atoms with Crippen LogP contribution in [0.15, 0.2) is 74.5 Å². The molecule has 0 aliphatic heterocycles. The third-order valence-corrected chi connectivity index (χ3v) is 4.23. The lowest BCUT2D eigenvalue weighted by Crippen LogP contribution is -2.22. The normalized spacial score (nSPS) is 10.8. The zero-order chi connectivity index (χ0) is 20.4. The summed E-state index contributed by atoms with van der Waals surface area (Å²) in [6.45, 7) is 1.45. The van der Waals surface area contributed by atoms with Gasteiger partial charge in [0.15, 0.2) is 12.4 Å². The minimum absolute atomic E-state index is 0.104. The first-order chi connectivity index (χ1) is 14.0. The lowest BCUT2D eigenvalue weighted by Gasteiger charge is -2.11. The van der Waals surface area contributed by atoms with Crippen molar-refractivity contribution in [3.8, 4) is 17.3 Å². The Kier molecular flexibility index (Phi) is 4.87. The average Bonchev–Trinajstić information content (AvgIpc) is 3.23. The van der Waals surface area contributed by atoms with Crippen molar-refractivity contribution in [1.29, 1.82) is 0 Å². The molecule has 1 N–H and O–H groups in total. The monoisotopic (exact) mass is 393 g/mol. The van der Waals surface area contributed by atoms with E-state index in [-0.39, 0.29) is 11.5 Å². The Hall–Kier alpha value is -3.87. The van der Waals surface area contributed by atoms with Crippen LogP contribution in [0.2, 0.25) is 0 Å². The molecule has 0 saturated carbocycles. The zero-order valence-electron chi connectivity index (χ0n) is 15.4. The van der Waals surface area contributed by atoms with Crippen molar-refractivity contribution in [2.24, 2.45) is 0 Å². The van der Waals surface area contributed by atoms with Crippen molar-refractivity contribution < 1.29 is 22.8 Å². The number of amides is 1. The van der Waals surface area contributed by atoms with Gasteiger partial charge in [0.1, 0.15) is 11.4 Å². The number of aryl methyl sites for hydroxylation is 1. The first-order valence-electron chi connectivity index (χ1n) is 8.81. The molecule has 7 heteroatoms. The highest BCUT2D eigenvalue weighted by molar-refractivity contribution is 5.92. The molecular formula is C22H16FNO5. The van der Waals surface area contributed by atoms with E-state index in [1.165, 1.54) is 30.5 Å². The van der Waals surface area contributed by atoms with Gasteiger partial charge in [-0.25, -0.2) is 4.39 Å². The smallest absolute Gasteiger partial charge is 0.262 e. The summed E-state index contributed by atoms with van der Waals surface area (Å²) in [6, 6.07) is 13.8. The van der Waals surface area contributed by atoms with Gasteiger partial charge in [0.25, 0.3) is 5.91 Å². The number of halogens is 1. The Morgan fingerprint density at radius 3 is 2.66 bits per heavy atom. The maximum Gasteiger partial charge on any atom is 0.262 e. The van der Waals surface area contributed by atoms with E-state index in [9.17, 15) is 14.0 Å². The quantitative estimate of drug-likeness (QED) is 0.539. The van der Waals surface area contributed by atoms with Gasteiger partial charge >= 0.3 is 0 Å². The lowest BCUT2D eigenvalue weighted by molar-refractivity contribution is -0.118. The van der Waals surface area contributed by atoms with Crippen molar-refractivity contribution in [3.63, 3.8) is 0 Å². The number of fused-ring (bicyclic) bond motifs is 1. The van der Waals surface area contributed by atoms with Crippen LogP contribution in [0, 0.1) is 12.7 Å². The molecule has 4 rings (SSSR count). The fourth-order valence-corrected chi connectivity index (χ4v) is 2.85. The molecule has 0 bridgehead atoms. The molecule has 29 heavy (non-hydrogen) atoms. The predicted octanol–water partition coefficient (Wildman–Crippen LogP) is 4.52. The van der Waals surface area contributed by atoms with Gasteiger partial charge in [-0.15, -0.1) is 0 Å². The molecule has 2 aromatic carbocycles. The molecule has 0 radical (unpaired) electrons.